The van der Waals surface area contributed by atoms with Crippen molar-refractivity contribution < 1.29 is 17.0 Å². The normalized spacial score (nSPS) is 10.8. The number of rotatable bonds is 2. The molecule has 4 aromatic rings. The number of fused-ring (bicyclic) bond motifs is 2. The summed E-state index contributed by atoms with van der Waals surface area (Å²) in [4.78, 5) is 7.94. The first kappa shape index (κ1) is 12.7. The van der Waals surface area contributed by atoms with Crippen LogP contribution in [0.3, 0.4) is 0 Å². The minimum atomic E-state index is 0. The molecule has 4 nitrogen and oxygen atoms in total. The summed E-state index contributed by atoms with van der Waals surface area (Å²) in [7, 11) is 0. The van der Waals surface area contributed by atoms with Gasteiger partial charge in [-0.3, -0.25) is 0 Å². The molecule has 0 unspecified atom stereocenters. The summed E-state index contributed by atoms with van der Waals surface area (Å²) in [6.45, 7) is 0.746. The lowest BCUT2D eigenvalue weighted by Crippen LogP contribution is -3.00. The van der Waals surface area contributed by atoms with Gasteiger partial charge in [-0.15, -0.1) is 0 Å². The zero-order valence-electron chi connectivity index (χ0n) is 10.7. The van der Waals surface area contributed by atoms with Crippen LogP contribution in [0.15, 0.2) is 61.2 Å². The summed E-state index contributed by atoms with van der Waals surface area (Å²) in [6.07, 6.45) is 8.27. The van der Waals surface area contributed by atoms with E-state index in [-0.39, 0.29) is 12.4 Å². The van der Waals surface area contributed by atoms with Crippen molar-refractivity contribution in [1.82, 2.24) is 14.4 Å². The Hall–Kier alpha value is -2.33. The van der Waals surface area contributed by atoms with Crippen LogP contribution in [0.2, 0.25) is 0 Å². The van der Waals surface area contributed by atoms with Crippen LogP contribution in [-0.4, -0.2) is 14.4 Å². The molecule has 3 heterocycles. The largest absolute Gasteiger partial charge is 1.00 e. The van der Waals surface area contributed by atoms with Crippen molar-refractivity contribution in [2.24, 2.45) is 0 Å². The SMILES string of the molecule is [Cl-].c1ccc2[nH]c(C[n+]3ccn4cccc4c3)nc2c1. The molecule has 4 rings (SSSR count). The number of imidazole rings is 1. The lowest BCUT2D eigenvalue weighted by atomic mass is 10.3. The van der Waals surface area contributed by atoms with E-state index >= 15 is 0 Å². The van der Waals surface area contributed by atoms with E-state index in [2.05, 4.69) is 43.6 Å². The van der Waals surface area contributed by atoms with Gasteiger partial charge in [0.15, 0.2) is 18.2 Å². The Labute approximate surface area is 122 Å². The van der Waals surface area contributed by atoms with Crippen LogP contribution in [0.1, 0.15) is 5.82 Å². The number of para-hydroxylation sites is 2. The molecule has 100 valence electrons. The maximum Gasteiger partial charge on any atom is 0.205 e. The van der Waals surface area contributed by atoms with E-state index in [1.54, 1.807) is 0 Å². The topological polar surface area (TPSA) is 37.0 Å². The second-order valence-corrected chi connectivity index (χ2v) is 4.64. The van der Waals surface area contributed by atoms with Gasteiger partial charge in [0.1, 0.15) is 5.52 Å². The maximum atomic E-state index is 4.59. The molecule has 0 radical (unpaired) electrons. The molecule has 5 heteroatoms. The van der Waals surface area contributed by atoms with E-state index < -0.39 is 0 Å². The number of H-pyrrole nitrogens is 1. The van der Waals surface area contributed by atoms with Gasteiger partial charge < -0.3 is 21.8 Å². The zero-order valence-corrected chi connectivity index (χ0v) is 11.5. The quantitative estimate of drug-likeness (QED) is 0.479. The molecular weight excluding hydrogens is 272 g/mol. The highest BCUT2D eigenvalue weighted by atomic mass is 35.5. The highest BCUT2D eigenvalue weighted by Crippen LogP contribution is 2.10. The highest BCUT2D eigenvalue weighted by Gasteiger charge is 2.08. The molecule has 0 bridgehead atoms. The summed E-state index contributed by atoms with van der Waals surface area (Å²) >= 11 is 0. The number of nitrogens with zero attached hydrogens (tertiary/aromatic N) is 3. The molecule has 0 aliphatic heterocycles. The van der Waals surface area contributed by atoms with Crippen LogP contribution >= 0.6 is 0 Å². The third-order valence-electron chi connectivity index (χ3n) is 3.30. The number of halogens is 1. The third-order valence-corrected chi connectivity index (χ3v) is 3.30. The predicted octanol–water partition coefficient (Wildman–Crippen LogP) is -0.845. The molecule has 0 saturated carbocycles. The fourth-order valence-electron chi connectivity index (χ4n) is 2.37. The predicted molar refractivity (Wildman–Crippen MR) is 72.8 cm³/mol. The first-order valence-electron chi connectivity index (χ1n) is 6.28. The summed E-state index contributed by atoms with van der Waals surface area (Å²) in [6, 6.07) is 12.2. The van der Waals surface area contributed by atoms with Crippen molar-refractivity contribution in [3.63, 3.8) is 0 Å². The van der Waals surface area contributed by atoms with Crippen molar-refractivity contribution in [3.05, 3.63) is 67.0 Å². The van der Waals surface area contributed by atoms with Crippen molar-refractivity contribution in [1.29, 1.82) is 0 Å². The Morgan fingerprint density at radius 3 is 2.90 bits per heavy atom. The minimum absolute atomic E-state index is 0. The molecule has 0 spiro atoms. The Balaban J connectivity index is 0.00000121. The fraction of sp³-hybridized carbons (Fsp3) is 0.0667. The lowest BCUT2D eigenvalue weighted by molar-refractivity contribution is -0.688. The smallest absolute Gasteiger partial charge is 0.205 e. The summed E-state index contributed by atoms with van der Waals surface area (Å²) in [5.74, 6) is 0.974. The van der Waals surface area contributed by atoms with Gasteiger partial charge in [0.2, 0.25) is 6.54 Å². The average Bonchev–Trinajstić information content (AvgIpc) is 3.03. The van der Waals surface area contributed by atoms with Crippen LogP contribution in [0, 0.1) is 0 Å². The van der Waals surface area contributed by atoms with E-state index in [0.29, 0.717) is 0 Å². The first-order valence-corrected chi connectivity index (χ1v) is 6.28. The van der Waals surface area contributed by atoms with Gasteiger partial charge in [0.25, 0.3) is 0 Å². The van der Waals surface area contributed by atoms with Crippen molar-refractivity contribution in [2.75, 3.05) is 0 Å². The number of hydrogen-bond acceptors (Lipinski definition) is 1. The average molecular weight is 285 g/mol. The Morgan fingerprint density at radius 1 is 1.10 bits per heavy atom. The van der Waals surface area contributed by atoms with Gasteiger partial charge in [-0.25, -0.2) is 4.98 Å². The van der Waals surface area contributed by atoms with E-state index in [1.165, 1.54) is 5.52 Å². The van der Waals surface area contributed by atoms with Crippen molar-refractivity contribution in [3.8, 4) is 0 Å². The molecule has 0 aliphatic rings. The van der Waals surface area contributed by atoms with E-state index in [4.69, 9.17) is 0 Å². The van der Waals surface area contributed by atoms with Crippen LogP contribution in [0.5, 0.6) is 0 Å². The number of aromatic nitrogens is 4. The molecule has 0 saturated heterocycles. The van der Waals surface area contributed by atoms with E-state index in [9.17, 15) is 0 Å². The number of hydrogen-bond donors (Lipinski definition) is 1. The molecule has 3 aromatic heterocycles. The molecular formula is C15H13ClN4. The molecule has 1 aromatic carbocycles. The first-order chi connectivity index (χ1) is 9.38. The van der Waals surface area contributed by atoms with Crippen LogP contribution in [-0.2, 0) is 6.54 Å². The molecule has 20 heavy (non-hydrogen) atoms. The zero-order chi connectivity index (χ0) is 12.7. The third kappa shape index (κ3) is 2.14. The van der Waals surface area contributed by atoms with E-state index in [1.807, 2.05) is 36.5 Å². The minimum Gasteiger partial charge on any atom is -1.00 e. The van der Waals surface area contributed by atoms with Gasteiger partial charge in [0, 0.05) is 6.20 Å². The lowest BCUT2D eigenvalue weighted by Gasteiger charge is -1.95. The molecule has 0 fully saturated rings. The van der Waals surface area contributed by atoms with Crippen LogP contribution in [0.25, 0.3) is 16.6 Å². The number of benzene rings is 1. The van der Waals surface area contributed by atoms with Crippen LogP contribution in [0.4, 0.5) is 0 Å². The van der Waals surface area contributed by atoms with Gasteiger partial charge in [-0.05, 0) is 24.3 Å². The van der Waals surface area contributed by atoms with E-state index in [0.717, 1.165) is 23.4 Å². The number of nitrogens with one attached hydrogen (secondary N) is 1. The second-order valence-electron chi connectivity index (χ2n) is 4.64. The van der Waals surface area contributed by atoms with Gasteiger partial charge in [-0.2, -0.15) is 4.57 Å². The molecule has 1 N–H and O–H groups in total. The Morgan fingerprint density at radius 2 is 2.00 bits per heavy atom. The Bertz CT molecular complexity index is 829. The maximum absolute atomic E-state index is 4.59. The molecule has 0 amide bonds. The highest BCUT2D eigenvalue weighted by molar-refractivity contribution is 5.74. The van der Waals surface area contributed by atoms with Gasteiger partial charge in [-0.1, -0.05) is 12.1 Å². The monoisotopic (exact) mass is 284 g/mol. The summed E-state index contributed by atoms with van der Waals surface area (Å²) in [5, 5.41) is 0. The van der Waals surface area contributed by atoms with Gasteiger partial charge >= 0.3 is 0 Å². The second kappa shape index (κ2) is 4.98. The summed E-state index contributed by atoms with van der Waals surface area (Å²) in [5.41, 5.74) is 3.28. The summed E-state index contributed by atoms with van der Waals surface area (Å²) < 4.78 is 4.22. The number of aromatic amines is 1. The fourth-order valence-corrected chi connectivity index (χ4v) is 2.37. The van der Waals surface area contributed by atoms with Crippen molar-refractivity contribution >= 4 is 16.6 Å². The molecule has 0 atom stereocenters. The molecule has 0 aliphatic carbocycles. The van der Waals surface area contributed by atoms with Gasteiger partial charge in [0.05, 0.1) is 17.2 Å². The van der Waals surface area contributed by atoms with Crippen LogP contribution < -0.4 is 17.0 Å². The van der Waals surface area contributed by atoms with Crippen molar-refractivity contribution in [2.45, 2.75) is 6.54 Å². The Kier molecular flexibility index (Phi) is 3.16. The standard InChI is InChI=1S/C15H13N4.ClH/c1-2-6-14-13(5-1)16-15(17-14)11-18-8-9-19-7-3-4-12(19)10-18;/h1-10H,11H2,(H,16,17);1H/q+1;/p-1.